The summed E-state index contributed by atoms with van der Waals surface area (Å²) < 4.78 is 81.6. The molecule has 0 N–H and O–H groups in total. The van der Waals surface area contributed by atoms with Gasteiger partial charge in [-0.15, -0.1) is 0 Å². The Hall–Kier alpha value is -1.98. The van der Waals surface area contributed by atoms with Gasteiger partial charge < -0.3 is 0 Å². The first kappa shape index (κ1) is 13.0. The summed E-state index contributed by atoms with van der Waals surface area (Å²) in [4.78, 5) is 0. The molecule has 0 bridgehead atoms. The van der Waals surface area contributed by atoms with E-state index >= 15 is 0 Å². The van der Waals surface area contributed by atoms with Crippen molar-refractivity contribution in [2.75, 3.05) is 0 Å². The topological polar surface area (TPSA) is 0 Å². The molecule has 0 fully saturated rings. The maximum Gasteiger partial charge on any atom is 0.189 e. The molecule has 0 aliphatic heterocycles. The van der Waals surface area contributed by atoms with Crippen LogP contribution in [0.4, 0.5) is 26.3 Å². The fourth-order valence-electron chi connectivity index (χ4n) is 2.35. The van der Waals surface area contributed by atoms with Crippen molar-refractivity contribution in [3.05, 3.63) is 52.9 Å². The molecule has 2 aromatic rings. The zero-order valence-corrected chi connectivity index (χ0v) is 9.73. The average Bonchev–Trinajstić information content (AvgIpc) is 2.42. The van der Waals surface area contributed by atoms with Gasteiger partial charge in [-0.2, -0.15) is 0 Å². The van der Waals surface area contributed by atoms with E-state index in [1.165, 1.54) is 12.1 Å². The van der Waals surface area contributed by atoms with Gasteiger partial charge in [0, 0.05) is 5.56 Å². The third kappa shape index (κ3) is 1.57. The third-order valence-corrected chi connectivity index (χ3v) is 3.31. The summed E-state index contributed by atoms with van der Waals surface area (Å²) >= 11 is 0. The van der Waals surface area contributed by atoms with Gasteiger partial charge in [0.05, 0.1) is 10.9 Å². The molecule has 0 spiro atoms. The predicted octanol–water partition coefficient (Wildman–Crippen LogP) is 5.09. The fourth-order valence-corrected chi connectivity index (χ4v) is 2.35. The maximum atomic E-state index is 14.2. The lowest BCUT2D eigenvalue weighted by atomic mass is 9.89. The van der Waals surface area contributed by atoms with Crippen molar-refractivity contribution in [1.82, 2.24) is 0 Å². The van der Waals surface area contributed by atoms with Gasteiger partial charge in [0.15, 0.2) is 24.0 Å². The van der Waals surface area contributed by atoms with Crippen LogP contribution in [0.3, 0.4) is 0 Å². The van der Waals surface area contributed by atoms with Crippen LogP contribution in [0.5, 0.6) is 0 Å². The number of halogens is 6. The highest BCUT2D eigenvalue weighted by molar-refractivity contribution is 5.89. The molecule has 0 nitrogen and oxygen atoms in total. The lowest BCUT2D eigenvalue weighted by Gasteiger charge is -2.23. The van der Waals surface area contributed by atoms with E-state index in [1.54, 1.807) is 0 Å². The monoisotopic (exact) mass is 288 g/mol. The molecule has 20 heavy (non-hydrogen) atoms. The largest absolute Gasteiger partial charge is 0.239 e. The second-order valence-electron chi connectivity index (χ2n) is 4.46. The molecule has 0 heterocycles. The van der Waals surface area contributed by atoms with Crippen molar-refractivity contribution >= 4 is 16.6 Å². The first-order valence-corrected chi connectivity index (χ1v) is 5.67. The highest BCUT2D eigenvalue weighted by Crippen LogP contribution is 2.45. The van der Waals surface area contributed by atoms with Crippen molar-refractivity contribution in [3.8, 4) is 0 Å². The number of hydrogen-bond acceptors (Lipinski definition) is 0. The lowest BCUT2D eigenvalue weighted by molar-refractivity contribution is 0.169. The number of fused-ring (bicyclic) bond motifs is 2. The summed E-state index contributed by atoms with van der Waals surface area (Å²) in [6, 6.07) is 4.39. The van der Waals surface area contributed by atoms with Crippen LogP contribution < -0.4 is 0 Å². The quantitative estimate of drug-likeness (QED) is 0.592. The Morgan fingerprint density at radius 3 is 2.30 bits per heavy atom. The molecular weight excluding hydrogens is 282 g/mol. The van der Waals surface area contributed by atoms with Gasteiger partial charge in [-0.25, -0.2) is 26.3 Å². The molecule has 1 aliphatic rings. The summed E-state index contributed by atoms with van der Waals surface area (Å²) in [6.07, 6.45) is -5.36. The zero-order chi connectivity index (χ0) is 14.6. The van der Waals surface area contributed by atoms with Crippen LogP contribution in [0.2, 0.25) is 0 Å². The van der Waals surface area contributed by atoms with Crippen molar-refractivity contribution in [3.63, 3.8) is 0 Å². The normalized spacial score (nSPS) is 22.3. The number of rotatable bonds is 0. The Labute approximate surface area is 109 Å². The molecule has 0 saturated heterocycles. The van der Waals surface area contributed by atoms with Crippen molar-refractivity contribution in [2.24, 2.45) is 0 Å². The van der Waals surface area contributed by atoms with Gasteiger partial charge in [0.2, 0.25) is 0 Å². The molecule has 1 aliphatic carbocycles. The van der Waals surface area contributed by atoms with E-state index in [1.807, 2.05) is 0 Å². The average molecular weight is 288 g/mol. The Balaban J connectivity index is 2.47. The summed E-state index contributed by atoms with van der Waals surface area (Å²) in [6.45, 7) is 0. The van der Waals surface area contributed by atoms with Gasteiger partial charge in [0.1, 0.15) is 11.6 Å². The van der Waals surface area contributed by atoms with Crippen LogP contribution in [-0.4, -0.2) is 6.17 Å². The molecule has 0 amide bonds. The standard InChI is InChI=1S/C14H6F6/c15-7-3-1-2-5-4-6-9(11(17)8(5)7)12(18)14(20)13(19)10(6)16/h1-4,10,13H. The molecule has 2 aromatic carbocycles. The van der Waals surface area contributed by atoms with Crippen LogP contribution in [0.1, 0.15) is 17.3 Å². The second-order valence-corrected chi connectivity index (χ2v) is 4.46. The van der Waals surface area contributed by atoms with E-state index < -0.39 is 52.1 Å². The minimum absolute atomic E-state index is 0.0498. The van der Waals surface area contributed by atoms with Crippen molar-refractivity contribution in [1.29, 1.82) is 0 Å². The zero-order valence-electron chi connectivity index (χ0n) is 9.73. The molecule has 0 aromatic heterocycles. The summed E-state index contributed by atoms with van der Waals surface area (Å²) in [7, 11) is 0. The molecule has 2 atom stereocenters. The number of alkyl halides is 2. The Kier molecular flexibility index (Phi) is 2.77. The molecule has 104 valence electrons. The van der Waals surface area contributed by atoms with Crippen molar-refractivity contribution in [2.45, 2.75) is 12.3 Å². The highest BCUT2D eigenvalue weighted by atomic mass is 19.2. The molecule has 3 rings (SSSR count). The predicted molar refractivity (Wildman–Crippen MR) is 61.7 cm³/mol. The minimum Gasteiger partial charge on any atom is -0.239 e. The first-order valence-electron chi connectivity index (χ1n) is 5.67. The van der Waals surface area contributed by atoms with Crippen LogP contribution in [-0.2, 0) is 0 Å². The Morgan fingerprint density at radius 2 is 1.60 bits per heavy atom. The van der Waals surface area contributed by atoms with E-state index in [9.17, 15) is 26.3 Å². The number of benzene rings is 2. The number of allylic oxidation sites excluding steroid dienone is 1. The van der Waals surface area contributed by atoms with E-state index in [-0.39, 0.29) is 5.39 Å². The van der Waals surface area contributed by atoms with Gasteiger partial charge >= 0.3 is 0 Å². The van der Waals surface area contributed by atoms with Gasteiger partial charge in [-0.3, -0.25) is 0 Å². The first-order chi connectivity index (χ1) is 9.43. The van der Waals surface area contributed by atoms with Crippen LogP contribution in [0.15, 0.2) is 30.1 Å². The van der Waals surface area contributed by atoms with E-state index in [4.69, 9.17) is 0 Å². The number of hydrogen-bond donors (Lipinski definition) is 0. The highest BCUT2D eigenvalue weighted by Gasteiger charge is 2.39. The van der Waals surface area contributed by atoms with Crippen molar-refractivity contribution < 1.29 is 26.3 Å². The fraction of sp³-hybridized carbons (Fsp3) is 0.143. The van der Waals surface area contributed by atoms with E-state index in [0.717, 1.165) is 12.1 Å². The molecule has 0 saturated carbocycles. The molecule has 6 heteroatoms. The maximum absolute atomic E-state index is 14.2. The summed E-state index contributed by atoms with van der Waals surface area (Å²) in [5, 5.41) is -0.634. The molecule has 0 radical (unpaired) electrons. The van der Waals surface area contributed by atoms with E-state index in [2.05, 4.69) is 0 Å². The third-order valence-electron chi connectivity index (χ3n) is 3.31. The summed E-state index contributed by atoms with van der Waals surface area (Å²) in [5.41, 5.74) is -1.71. The molecule has 2 unspecified atom stereocenters. The van der Waals surface area contributed by atoms with E-state index in [0.29, 0.717) is 0 Å². The van der Waals surface area contributed by atoms with Crippen LogP contribution in [0, 0.1) is 11.6 Å². The second kappa shape index (κ2) is 4.26. The van der Waals surface area contributed by atoms with Crippen LogP contribution >= 0.6 is 0 Å². The SMILES string of the molecule is FC1=C(F)C(F)C(F)c2cc3cccc(F)c3c(F)c21. The smallest absolute Gasteiger partial charge is 0.189 e. The minimum atomic E-state index is -2.83. The molecular formula is C14H6F6. The van der Waals surface area contributed by atoms with Gasteiger partial charge in [-0.05, 0) is 17.5 Å². The Morgan fingerprint density at radius 1 is 0.900 bits per heavy atom. The lowest BCUT2D eigenvalue weighted by Crippen LogP contribution is -2.19. The van der Waals surface area contributed by atoms with Gasteiger partial charge in [-0.1, -0.05) is 12.1 Å². The summed E-state index contributed by atoms with van der Waals surface area (Å²) in [5.74, 6) is -6.27. The van der Waals surface area contributed by atoms with Gasteiger partial charge in [0.25, 0.3) is 0 Å². The Bertz CT molecular complexity index is 749. The van der Waals surface area contributed by atoms with Crippen LogP contribution in [0.25, 0.3) is 16.6 Å².